The van der Waals surface area contributed by atoms with E-state index in [1.807, 2.05) is 0 Å². The Kier molecular flexibility index (Phi) is 6.13. The fraction of sp³-hybridized carbons (Fsp3) is 0.364. The summed E-state index contributed by atoms with van der Waals surface area (Å²) in [5, 5.41) is 4.12. The fourth-order valence-corrected chi connectivity index (χ4v) is 4.79. The molecule has 4 rings (SSSR count). The number of imidazole rings is 1. The van der Waals surface area contributed by atoms with Gasteiger partial charge in [-0.2, -0.15) is 13.2 Å². The van der Waals surface area contributed by atoms with Crippen molar-refractivity contribution < 1.29 is 18.0 Å². The molecule has 0 aliphatic carbocycles. The maximum absolute atomic E-state index is 13.3. The van der Waals surface area contributed by atoms with Crippen LogP contribution in [0.3, 0.4) is 0 Å². The van der Waals surface area contributed by atoms with Gasteiger partial charge in [-0.05, 0) is 41.8 Å². The van der Waals surface area contributed by atoms with Gasteiger partial charge in [-0.25, -0.2) is 4.98 Å². The third kappa shape index (κ3) is 4.07. The van der Waals surface area contributed by atoms with Gasteiger partial charge in [0.2, 0.25) is 6.41 Å². The van der Waals surface area contributed by atoms with E-state index in [0.29, 0.717) is 57.7 Å². The predicted molar refractivity (Wildman–Crippen MR) is 118 cm³/mol. The second-order valence-corrected chi connectivity index (χ2v) is 8.70. The average molecular weight is 485 g/mol. The molecule has 1 amide bonds. The SMILES string of the molecule is Cc1cc(C(F)(F)F)cc2c1nc(Cc1c(Cl)ccc(C3CNCCN3C=O)c1Cl)n2C. The Morgan fingerprint density at radius 3 is 2.72 bits per heavy atom. The van der Waals surface area contributed by atoms with Crippen molar-refractivity contribution >= 4 is 40.6 Å². The molecular formula is C22H21Cl2F3N4O. The standard InChI is InChI=1S/C22H21Cl2F3N4O/c1-12-7-13(22(25,26)27)8-17-21(12)29-19(30(17)2)9-15-16(23)4-3-14(20(15)24)18-10-28-5-6-31(18)11-32/h3-4,7-8,11,18,28H,5-6,9-10H2,1-2H3. The maximum Gasteiger partial charge on any atom is 0.416 e. The van der Waals surface area contributed by atoms with Crippen LogP contribution in [0.4, 0.5) is 13.2 Å². The molecule has 1 saturated heterocycles. The number of aromatic nitrogens is 2. The topological polar surface area (TPSA) is 50.2 Å². The molecule has 0 radical (unpaired) electrons. The lowest BCUT2D eigenvalue weighted by atomic mass is 9.99. The number of nitrogens with one attached hydrogen (secondary N) is 1. The highest BCUT2D eigenvalue weighted by molar-refractivity contribution is 6.36. The van der Waals surface area contributed by atoms with Gasteiger partial charge in [-0.1, -0.05) is 29.3 Å². The summed E-state index contributed by atoms with van der Waals surface area (Å²) in [6.45, 7) is 3.44. The van der Waals surface area contributed by atoms with Gasteiger partial charge < -0.3 is 14.8 Å². The summed E-state index contributed by atoms with van der Waals surface area (Å²) >= 11 is 13.2. The quantitative estimate of drug-likeness (QED) is 0.535. The minimum atomic E-state index is -4.44. The number of hydrogen-bond donors (Lipinski definition) is 1. The highest BCUT2D eigenvalue weighted by Gasteiger charge is 2.32. The van der Waals surface area contributed by atoms with Crippen LogP contribution in [0.25, 0.3) is 11.0 Å². The summed E-state index contributed by atoms with van der Waals surface area (Å²) < 4.78 is 41.4. The molecule has 1 aliphatic heterocycles. The van der Waals surface area contributed by atoms with E-state index in [1.54, 1.807) is 35.6 Å². The first-order valence-electron chi connectivity index (χ1n) is 10.0. The number of alkyl halides is 3. The first-order chi connectivity index (χ1) is 15.1. The summed E-state index contributed by atoms with van der Waals surface area (Å²) in [5.41, 5.74) is 2.00. The molecule has 3 aromatic rings. The Morgan fingerprint density at radius 1 is 1.28 bits per heavy atom. The van der Waals surface area contributed by atoms with E-state index in [2.05, 4.69) is 10.3 Å². The molecule has 0 saturated carbocycles. The zero-order valence-electron chi connectivity index (χ0n) is 17.4. The van der Waals surface area contributed by atoms with Crippen LogP contribution in [0, 0.1) is 6.92 Å². The number of carbonyl (C=O) groups excluding carboxylic acids is 1. The first-order valence-corrected chi connectivity index (χ1v) is 10.8. The van der Waals surface area contributed by atoms with Crippen LogP contribution in [0.15, 0.2) is 24.3 Å². The molecule has 1 fully saturated rings. The van der Waals surface area contributed by atoms with Gasteiger partial charge in [-0.3, -0.25) is 4.79 Å². The molecule has 1 atom stereocenters. The number of piperazine rings is 1. The maximum atomic E-state index is 13.3. The molecule has 0 bridgehead atoms. The Labute approximate surface area is 193 Å². The molecule has 32 heavy (non-hydrogen) atoms. The number of fused-ring (bicyclic) bond motifs is 1. The van der Waals surface area contributed by atoms with E-state index in [-0.39, 0.29) is 12.5 Å². The summed E-state index contributed by atoms with van der Waals surface area (Å²) in [7, 11) is 1.68. The zero-order chi connectivity index (χ0) is 23.2. The lowest BCUT2D eigenvalue weighted by Gasteiger charge is -2.34. The second kappa shape index (κ2) is 8.57. The molecule has 1 aromatic heterocycles. The smallest absolute Gasteiger partial charge is 0.336 e. The van der Waals surface area contributed by atoms with E-state index in [0.717, 1.165) is 24.1 Å². The number of rotatable bonds is 4. The molecule has 1 N–H and O–H groups in total. The lowest BCUT2D eigenvalue weighted by molar-refractivity contribution is -0.137. The van der Waals surface area contributed by atoms with Crippen LogP contribution >= 0.6 is 23.2 Å². The van der Waals surface area contributed by atoms with Crippen molar-refractivity contribution in [2.24, 2.45) is 7.05 Å². The highest BCUT2D eigenvalue weighted by atomic mass is 35.5. The number of hydrogen-bond acceptors (Lipinski definition) is 3. The van der Waals surface area contributed by atoms with Crippen LogP contribution in [-0.2, 0) is 24.4 Å². The number of carbonyl (C=O) groups is 1. The van der Waals surface area contributed by atoms with Gasteiger partial charge >= 0.3 is 6.18 Å². The van der Waals surface area contributed by atoms with E-state index in [4.69, 9.17) is 23.2 Å². The van der Waals surface area contributed by atoms with Crippen LogP contribution in [0.1, 0.15) is 34.1 Å². The molecule has 1 aliphatic rings. The number of nitrogens with zero attached hydrogens (tertiary/aromatic N) is 3. The van der Waals surface area contributed by atoms with Crippen molar-refractivity contribution in [2.45, 2.75) is 25.6 Å². The van der Waals surface area contributed by atoms with E-state index in [9.17, 15) is 18.0 Å². The monoisotopic (exact) mass is 484 g/mol. The van der Waals surface area contributed by atoms with Crippen molar-refractivity contribution in [3.05, 3.63) is 62.4 Å². The van der Waals surface area contributed by atoms with Crippen LogP contribution in [-0.4, -0.2) is 40.5 Å². The van der Waals surface area contributed by atoms with Crippen LogP contribution in [0.5, 0.6) is 0 Å². The molecule has 1 unspecified atom stereocenters. The predicted octanol–water partition coefficient (Wildman–Crippen LogP) is 4.90. The minimum absolute atomic E-state index is 0.234. The molecular weight excluding hydrogens is 464 g/mol. The van der Waals surface area contributed by atoms with Gasteiger partial charge in [0.15, 0.2) is 0 Å². The van der Waals surface area contributed by atoms with Crippen molar-refractivity contribution in [1.82, 2.24) is 19.8 Å². The molecule has 170 valence electrons. The number of halogens is 5. The Hall–Kier alpha value is -2.29. The van der Waals surface area contributed by atoms with Crippen molar-refractivity contribution in [3.8, 4) is 0 Å². The van der Waals surface area contributed by atoms with Crippen molar-refractivity contribution in [2.75, 3.05) is 19.6 Å². The third-order valence-electron chi connectivity index (χ3n) is 5.93. The molecule has 10 heteroatoms. The van der Waals surface area contributed by atoms with Gasteiger partial charge in [0.25, 0.3) is 0 Å². The third-order valence-corrected chi connectivity index (χ3v) is 6.73. The summed E-state index contributed by atoms with van der Waals surface area (Å²) in [6.07, 6.45) is -3.40. The number of benzene rings is 2. The van der Waals surface area contributed by atoms with E-state index >= 15 is 0 Å². The normalized spacial score (nSPS) is 17.2. The molecule has 5 nitrogen and oxygen atoms in total. The number of aryl methyl sites for hydroxylation is 2. The summed E-state index contributed by atoms with van der Waals surface area (Å²) in [5.74, 6) is 0.539. The molecule has 2 heterocycles. The van der Waals surface area contributed by atoms with Gasteiger partial charge in [-0.15, -0.1) is 0 Å². The van der Waals surface area contributed by atoms with Crippen LogP contribution < -0.4 is 5.32 Å². The van der Waals surface area contributed by atoms with Gasteiger partial charge in [0.05, 0.1) is 27.7 Å². The number of amides is 1. The van der Waals surface area contributed by atoms with Gasteiger partial charge in [0.1, 0.15) is 5.82 Å². The summed E-state index contributed by atoms with van der Waals surface area (Å²) in [4.78, 5) is 17.8. The second-order valence-electron chi connectivity index (χ2n) is 7.91. The van der Waals surface area contributed by atoms with E-state index < -0.39 is 11.7 Å². The lowest BCUT2D eigenvalue weighted by Crippen LogP contribution is -2.45. The zero-order valence-corrected chi connectivity index (χ0v) is 18.9. The first kappa shape index (κ1) is 22.9. The Bertz CT molecular complexity index is 1190. The molecule has 2 aromatic carbocycles. The summed E-state index contributed by atoms with van der Waals surface area (Å²) in [6, 6.07) is 5.50. The van der Waals surface area contributed by atoms with Gasteiger partial charge in [0, 0.05) is 38.1 Å². The Morgan fingerprint density at radius 2 is 2.03 bits per heavy atom. The van der Waals surface area contributed by atoms with E-state index in [1.165, 1.54) is 0 Å². The largest absolute Gasteiger partial charge is 0.416 e. The van der Waals surface area contributed by atoms with Crippen LogP contribution in [0.2, 0.25) is 10.0 Å². The van der Waals surface area contributed by atoms with Crippen molar-refractivity contribution in [1.29, 1.82) is 0 Å². The average Bonchev–Trinajstić information content (AvgIpc) is 3.07. The minimum Gasteiger partial charge on any atom is -0.336 e. The van der Waals surface area contributed by atoms with Crippen molar-refractivity contribution in [3.63, 3.8) is 0 Å². The Balaban J connectivity index is 1.77. The fourth-order valence-electron chi connectivity index (χ4n) is 4.16. The molecule has 0 spiro atoms. The highest BCUT2D eigenvalue weighted by Crippen LogP contribution is 2.37.